The van der Waals surface area contributed by atoms with Gasteiger partial charge in [0.1, 0.15) is 0 Å². The van der Waals surface area contributed by atoms with Crippen LogP contribution in [0.5, 0.6) is 0 Å². The first kappa shape index (κ1) is 15.3. The van der Waals surface area contributed by atoms with E-state index in [2.05, 4.69) is 5.32 Å². The van der Waals surface area contributed by atoms with Crippen LogP contribution in [0.3, 0.4) is 0 Å². The molecule has 2 aromatic rings. The van der Waals surface area contributed by atoms with Gasteiger partial charge in [-0.25, -0.2) is 0 Å². The van der Waals surface area contributed by atoms with Crippen molar-refractivity contribution < 1.29 is 14.7 Å². The lowest BCUT2D eigenvalue weighted by molar-refractivity contribution is -0.142. The van der Waals surface area contributed by atoms with Crippen molar-refractivity contribution in [3.63, 3.8) is 0 Å². The van der Waals surface area contributed by atoms with Crippen molar-refractivity contribution in [3.05, 3.63) is 58.3 Å². The molecule has 0 aliphatic carbocycles. The predicted molar refractivity (Wildman–Crippen MR) is 82.1 cm³/mol. The second-order valence-electron chi connectivity index (χ2n) is 4.89. The van der Waals surface area contributed by atoms with Crippen molar-refractivity contribution in [2.75, 3.05) is 0 Å². The minimum absolute atomic E-state index is 0.171. The Kier molecular flexibility index (Phi) is 5.11. The molecule has 0 fully saturated rings. The van der Waals surface area contributed by atoms with Crippen LogP contribution in [-0.4, -0.2) is 17.0 Å². The third kappa shape index (κ3) is 4.16. The molecule has 0 radical (unpaired) electrons. The highest BCUT2D eigenvalue weighted by molar-refractivity contribution is 7.07. The van der Waals surface area contributed by atoms with Crippen LogP contribution in [0.4, 0.5) is 0 Å². The Morgan fingerprint density at radius 1 is 1.24 bits per heavy atom. The normalized spacial score (nSPS) is 13.4. The Labute approximate surface area is 127 Å². The smallest absolute Gasteiger partial charge is 0.308 e. The van der Waals surface area contributed by atoms with Crippen molar-refractivity contribution in [2.24, 2.45) is 5.92 Å². The van der Waals surface area contributed by atoms with Crippen LogP contribution in [0.2, 0.25) is 0 Å². The van der Waals surface area contributed by atoms with Crippen LogP contribution in [0.25, 0.3) is 0 Å². The molecule has 2 atom stereocenters. The lowest BCUT2D eigenvalue weighted by Gasteiger charge is -2.23. The van der Waals surface area contributed by atoms with E-state index in [9.17, 15) is 14.7 Å². The van der Waals surface area contributed by atoms with Crippen molar-refractivity contribution in [1.29, 1.82) is 0 Å². The van der Waals surface area contributed by atoms with E-state index in [1.807, 2.05) is 47.2 Å². The fourth-order valence-electron chi connectivity index (χ4n) is 2.10. The van der Waals surface area contributed by atoms with Crippen molar-refractivity contribution in [1.82, 2.24) is 5.32 Å². The highest BCUT2D eigenvalue weighted by Gasteiger charge is 2.26. The number of thiophene rings is 1. The number of aliphatic carboxylic acids is 1. The zero-order chi connectivity index (χ0) is 15.2. The van der Waals surface area contributed by atoms with Crippen LogP contribution < -0.4 is 5.32 Å². The molecule has 1 aromatic heterocycles. The first-order valence-electron chi connectivity index (χ1n) is 6.66. The standard InChI is InChI=1S/C16H17NO3S/c1-11(16(19)20)15(13-5-3-2-4-6-13)17-14(18)9-12-7-8-21-10-12/h2-8,10-11,15H,9H2,1H3,(H,17,18)(H,19,20). The van der Waals surface area contributed by atoms with Gasteiger partial charge in [-0.1, -0.05) is 30.3 Å². The summed E-state index contributed by atoms with van der Waals surface area (Å²) in [5.74, 6) is -1.80. The van der Waals surface area contributed by atoms with E-state index >= 15 is 0 Å². The summed E-state index contributed by atoms with van der Waals surface area (Å²) in [7, 11) is 0. The van der Waals surface area contributed by atoms with Crippen LogP contribution >= 0.6 is 11.3 Å². The molecule has 1 heterocycles. The highest BCUT2D eigenvalue weighted by atomic mass is 32.1. The summed E-state index contributed by atoms with van der Waals surface area (Å²) in [5, 5.41) is 15.9. The van der Waals surface area contributed by atoms with Gasteiger partial charge < -0.3 is 10.4 Å². The van der Waals surface area contributed by atoms with E-state index in [1.165, 1.54) is 11.3 Å². The molecular weight excluding hydrogens is 286 g/mol. The molecule has 21 heavy (non-hydrogen) atoms. The van der Waals surface area contributed by atoms with E-state index in [1.54, 1.807) is 6.92 Å². The van der Waals surface area contributed by atoms with Gasteiger partial charge in [-0.05, 0) is 34.9 Å². The van der Waals surface area contributed by atoms with Gasteiger partial charge in [0, 0.05) is 0 Å². The molecule has 0 bridgehead atoms. The number of hydrogen-bond donors (Lipinski definition) is 2. The number of amides is 1. The van der Waals surface area contributed by atoms with Gasteiger partial charge in [0.15, 0.2) is 0 Å². The maximum absolute atomic E-state index is 12.1. The molecule has 0 spiro atoms. The lowest BCUT2D eigenvalue weighted by atomic mass is 9.94. The predicted octanol–water partition coefficient (Wildman–Crippen LogP) is 2.87. The minimum Gasteiger partial charge on any atom is -0.481 e. The average Bonchev–Trinajstić information content (AvgIpc) is 2.97. The summed E-state index contributed by atoms with van der Waals surface area (Å²) >= 11 is 1.53. The lowest BCUT2D eigenvalue weighted by Crippen LogP contribution is -2.36. The summed E-state index contributed by atoms with van der Waals surface area (Å²) in [5.41, 5.74) is 1.73. The Hall–Kier alpha value is -2.14. The summed E-state index contributed by atoms with van der Waals surface area (Å²) < 4.78 is 0. The topological polar surface area (TPSA) is 66.4 Å². The van der Waals surface area contributed by atoms with Gasteiger partial charge in [-0.3, -0.25) is 9.59 Å². The Bertz CT molecular complexity index is 595. The Balaban J connectivity index is 2.12. The van der Waals surface area contributed by atoms with Gasteiger partial charge in [-0.2, -0.15) is 11.3 Å². The van der Waals surface area contributed by atoms with Gasteiger partial charge in [0.05, 0.1) is 18.4 Å². The zero-order valence-electron chi connectivity index (χ0n) is 11.7. The van der Waals surface area contributed by atoms with Gasteiger partial charge >= 0.3 is 5.97 Å². The maximum Gasteiger partial charge on any atom is 0.308 e. The average molecular weight is 303 g/mol. The molecule has 110 valence electrons. The molecule has 0 aliphatic rings. The fraction of sp³-hybridized carbons (Fsp3) is 0.250. The van der Waals surface area contributed by atoms with Crippen LogP contribution in [-0.2, 0) is 16.0 Å². The van der Waals surface area contributed by atoms with Crippen molar-refractivity contribution in [3.8, 4) is 0 Å². The van der Waals surface area contributed by atoms with Crippen LogP contribution in [0.1, 0.15) is 24.1 Å². The van der Waals surface area contributed by atoms with Crippen molar-refractivity contribution >= 4 is 23.2 Å². The highest BCUT2D eigenvalue weighted by Crippen LogP contribution is 2.22. The second kappa shape index (κ2) is 7.04. The molecule has 0 aliphatic heterocycles. The third-order valence-corrected chi connectivity index (χ3v) is 4.04. The van der Waals surface area contributed by atoms with Crippen molar-refractivity contribution in [2.45, 2.75) is 19.4 Å². The molecule has 0 saturated heterocycles. The van der Waals surface area contributed by atoms with Gasteiger partial charge in [-0.15, -0.1) is 0 Å². The second-order valence-corrected chi connectivity index (χ2v) is 5.67. The molecule has 2 N–H and O–H groups in total. The van der Waals surface area contributed by atoms with Gasteiger partial charge in [0.25, 0.3) is 0 Å². The van der Waals surface area contributed by atoms with E-state index in [0.29, 0.717) is 0 Å². The number of nitrogens with one attached hydrogen (secondary N) is 1. The monoisotopic (exact) mass is 303 g/mol. The summed E-state index contributed by atoms with van der Waals surface area (Å²) in [4.78, 5) is 23.4. The number of carbonyl (C=O) groups is 2. The molecule has 1 amide bonds. The number of carboxylic acids is 1. The molecule has 0 saturated carbocycles. The summed E-state index contributed by atoms with van der Waals surface area (Å²) in [6, 6.07) is 10.5. The Morgan fingerprint density at radius 3 is 2.52 bits per heavy atom. The molecule has 1 aromatic carbocycles. The number of rotatable bonds is 6. The fourth-order valence-corrected chi connectivity index (χ4v) is 2.77. The van der Waals surface area contributed by atoms with Gasteiger partial charge in [0.2, 0.25) is 5.91 Å². The number of benzene rings is 1. The molecule has 5 heteroatoms. The zero-order valence-corrected chi connectivity index (χ0v) is 12.5. The Morgan fingerprint density at radius 2 is 1.95 bits per heavy atom. The molecule has 4 nitrogen and oxygen atoms in total. The number of hydrogen-bond acceptors (Lipinski definition) is 3. The molecule has 2 rings (SSSR count). The summed E-state index contributed by atoms with van der Waals surface area (Å²) in [6.45, 7) is 1.60. The van der Waals surface area contributed by atoms with Crippen LogP contribution in [0.15, 0.2) is 47.2 Å². The first-order valence-corrected chi connectivity index (χ1v) is 7.60. The third-order valence-electron chi connectivity index (χ3n) is 3.31. The molecular formula is C16H17NO3S. The quantitative estimate of drug-likeness (QED) is 0.862. The van der Waals surface area contributed by atoms with Crippen LogP contribution in [0, 0.1) is 5.92 Å². The SMILES string of the molecule is CC(C(=O)O)C(NC(=O)Cc1ccsc1)c1ccccc1. The van der Waals surface area contributed by atoms with E-state index in [4.69, 9.17) is 0 Å². The number of carbonyl (C=O) groups excluding carboxylic acids is 1. The molecule has 2 unspecified atom stereocenters. The van der Waals surface area contributed by atoms with E-state index < -0.39 is 17.9 Å². The maximum atomic E-state index is 12.1. The van der Waals surface area contributed by atoms with E-state index in [-0.39, 0.29) is 12.3 Å². The largest absolute Gasteiger partial charge is 0.481 e. The number of carboxylic acid groups (broad SMARTS) is 1. The minimum atomic E-state index is -0.931. The summed E-state index contributed by atoms with van der Waals surface area (Å²) in [6.07, 6.45) is 0.263. The first-order chi connectivity index (χ1) is 10.1. The van der Waals surface area contributed by atoms with E-state index in [0.717, 1.165) is 11.1 Å².